The Morgan fingerprint density at radius 1 is 1.33 bits per heavy atom. The lowest BCUT2D eigenvalue weighted by Crippen LogP contribution is -2.29. The fraction of sp³-hybridized carbons (Fsp3) is 0.467. The van der Waals surface area contributed by atoms with Gasteiger partial charge < -0.3 is 9.72 Å². The smallest absolute Gasteiger partial charge is 0.0693 e. The number of nitrogens with zero attached hydrogens (tertiary/aromatic N) is 1. The third-order valence-electron chi connectivity index (χ3n) is 4.08. The topological polar surface area (TPSA) is 16.4 Å². The highest BCUT2D eigenvalue weighted by atomic mass is 35.5. The van der Waals surface area contributed by atoms with Crippen LogP contribution in [0, 0.1) is 12.8 Å². The number of pyridine rings is 1. The molecule has 1 aliphatic rings. The molecule has 1 fully saturated rings. The van der Waals surface area contributed by atoms with E-state index in [1.807, 2.05) is 0 Å². The summed E-state index contributed by atoms with van der Waals surface area (Å²) < 4.78 is 2.26. The average molecular weight is 263 g/mol. The fourth-order valence-corrected chi connectivity index (χ4v) is 3.23. The van der Waals surface area contributed by atoms with Crippen LogP contribution in [-0.2, 0) is 6.42 Å². The Morgan fingerprint density at radius 2 is 2.11 bits per heavy atom. The fourth-order valence-electron chi connectivity index (χ4n) is 2.97. The number of halogens is 1. The maximum atomic E-state index is 6.43. The third-order valence-corrected chi connectivity index (χ3v) is 4.56. The molecule has 1 aliphatic heterocycles. The molecule has 2 aromatic heterocycles. The van der Waals surface area contributed by atoms with Gasteiger partial charge >= 0.3 is 0 Å². The van der Waals surface area contributed by atoms with Crippen LogP contribution in [0.5, 0.6) is 0 Å². The molecule has 0 bridgehead atoms. The van der Waals surface area contributed by atoms with Crippen LogP contribution in [0.1, 0.15) is 24.1 Å². The molecule has 0 amide bonds. The Balaban J connectivity index is 1.97. The van der Waals surface area contributed by atoms with E-state index < -0.39 is 0 Å². The van der Waals surface area contributed by atoms with E-state index in [1.165, 1.54) is 24.1 Å². The first-order chi connectivity index (χ1) is 8.77. The standard InChI is InChI=1S/C15H19ClN2/c1-11-14(10-12-5-7-17-8-6-12)18-9-3-2-4-13(18)15(11)16/h2-4,9,12,17H,5-8,10H2,1H3. The van der Waals surface area contributed by atoms with Crippen LogP contribution >= 0.6 is 11.6 Å². The van der Waals surface area contributed by atoms with E-state index in [1.54, 1.807) is 0 Å². The van der Waals surface area contributed by atoms with Crippen LogP contribution in [-0.4, -0.2) is 17.5 Å². The molecule has 3 heteroatoms. The molecule has 3 heterocycles. The molecule has 18 heavy (non-hydrogen) atoms. The number of hydrogen-bond donors (Lipinski definition) is 1. The highest BCUT2D eigenvalue weighted by Gasteiger charge is 2.19. The van der Waals surface area contributed by atoms with Crippen LogP contribution in [0.3, 0.4) is 0 Å². The minimum atomic E-state index is 0.791. The normalized spacial score (nSPS) is 17.4. The number of hydrogen-bond acceptors (Lipinski definition) is 1. The van der Waals surface area contributed by atoms with Gasteiger partial charge in [0.15, 0.2) is 0 Å². The number of nitrogens with one attached hydrogen (secondary N) is 1. The summed E-state index contributed by atoms with van der Waals surface area (Å²) in [5, 5.41) is 4.34. The van der Waals surface area contributed by atoms with Gasteiger partial charge in [-0.25, -0.2) is 0 Å². The van der Waals surface area contributed by atoms with Crippen LogP contribution in [0.15, 0.2) is 24.4 Å². The summed E-state index contributed by atoms with van der Waals surface area (Å²) in [7, 11) is 0. The summed E-state index contributed by atoms with van der Waals surface area (Å²) in [4.78, 5) is 0. The Labute approximate surface area is 113 Å². The van der Waals surface area contributed by atoms with Gasteiger partial charge in [0, 0.05) is 11.9 Å². The van der Waals surface area contributed by atoms with Crippen LogP contribution in [0.2, 0.25) is 5.02 Å². The summed E-state index contributed by atoms with van der Waals surface area (Å²) in [5.74, 6) is 0.791. The largest absolute Gasteiger partial charge is 0.319 e. The first-order valence-corrected chi connectivity index (χ1v) is 7.10. The zero-order valence-electron chi connectivity index (χ0n) is 10.7. The van der Waals surface area contributed by atoms with Crippen molar-refractivity contribution >= 4 is 17.1 Å². The molecule has 3 rings (SSSR count). The molecule has 0 spiro atoms. The number of piperidine rings is 1. The Bertz CT molecular complexity index is 553. The van der Waals surface area contributed by atoms with Gasteiger partial charge in [-0.1, -0.05) is 17.7 Å². The molecule has 96 valence electrons. The molecule has 2 aromatic rings. The van der Waals surface area contributed by atoms with E-state index in [0.717, 1.165) is 36.0 Å². The highest BCUT2D eigenvalue weighted by Crippen LogP contribution is 2.30. The number of aromatic nitrogens is 1. The average Bonchev–Trinajstić information content (AvgIpc) is 2.66. The lowest BCUT2D eigenvalue weighted by molar-refractivity contribution is 0.369. The summed E-state index contributed by atoms with van der Waals surface area (Å²) in [5.41, 5.74) is 3.78. The third kappa shape index (κ3) is 2.04. The van der Waals surface area contributed by atoms with Gasteiger partial charge in [0.1, 0.15) is 0 Å². The van der Waals surface area contributed by atoms with Crippen molar-refractivity contribution in [3.8, 4) is 0 Å². The highest BCUT2D eigenvalue weighted by molar-refractivity contribution is 6.34. The molecular formula is C15H19ClN2. The molecule has 0 aliphatic carbocycles. The molecule has 1 saturated heterocycles. The van der Waals surface area contributed by atoms with E-state index in [-0.39, 0.29) is 0 Å². The van der Waals surface area contributed by atoms with Gasteiger partial charge in [0.25, 0.3) is 0 Å². The zero-order chi connectivity index (χ0) is 12.5. The number of fused-ring (bicyclic) bond motifs is 1. The monoisotopic (exact) mass is 262 g/mol. The van der Waals surface area contributed by atoms with Gasteiger partial charge in [0.2, 0.25) is 0 Å². The quantitative estimate of drug-likeness (QED) is 0.877. The minimum absolute atomic E-state index is 0.791. The molecular weight excluding hydrogens is 244 g/mol. The molecule has 0 atom stereocenters. The van der Waals surface area contributed by atoms with E-state index in [9.17, 15) is 0 Å². The number of rotatable bonds is 2. The van der Waals surface area contributed by atoms with Crippen LogP contribution in [0.4, 0.5) is 0 Å². The second-order valence-corrected chi connectivity index (χ2v) is 5.62. The van der Waals surface area contributed by atoms with Crippen LogP contribution in [0.25, 0.3) is 5.52 Å². The Hall–Kier alpha value is -0.990. The van der Waals surface area contributed by atoms with Crippen molar-refractivity contribution < 1.29 is 0 Å². The van der Waals surface area contributed by atoms with Crippen molar-refractivity contribution in [2.24, 2.45) is 5.92 Å². The minimum Gasteiger partial charge on any atom is -0.319 e. The predicted molar refractivity (Wildman–Crippen MR) is 76.4 cm³/mol. The molecule has 0 radical (unpaired) electrons. The van der Waals surface area contributed by atoms with Crippen molar-refractivity contribution in [3.05, 3.63) is 40.7 Å². The van der Waals surface area contributed by atoms with Crippen molar-refractivity contribution in [3.63, 3.8) is 0 Å². The predicted octanol–water partition coefficient (Wildman–Crippen LogP) is 3.44. The van der Waals surface area contributed by atoms with E-state index >= 15 is 0 Å². The second kappa shape index (κ2) is 4.94. The van der Waals surface area contributed by atoms with Gasteiger partial charge in [-0.2, -0.15) is 0 Å². The van der Waals surface area contributed by atoms with Crippen molar-refractivity contribution in [1.82, 2.24) is 9.72 Å². The van der Waals surface area contributed by atoms with E-state index in [0.29, 0.717) is 0 Å². The molecule has 0 aromatic carbocycles. The zero-order valence-corrected chi connectivity index (χ0v) is 11.5. The Morgan fingerprint density at radius 3 is 2.89 bits per heavy atom. The van der Waals surface area contributed by atoms with Crippen molar-refractivity contribution in [2.45, 2.75) is 26.2 Å². The van der Waals surface area contributed by atoms with Gasteiger partial charge in [-0.05, 0) is 62.9 Å². The van der Waals surface area contributed by atoms with Crippen molar-refractivity contribution in [1.29, 1.82) is 0 Å². The maximum Gasteiger partial charge on any atom is 0.0693 e. The summed E-state index contributed by atoms with van der Waals surface area (Å²) in [6, 6.07) is 6.23. The first-order valence-electron chi connectivity index (χ1n) is 6.72. The second-order valence-electron chi connectivity index (χ2n) is 5.24. The van der Waals surface area contributed by atoms with E-state index in [4.69, 9.17) is 11.6 Å². The van der Waals surface area contributed by atoms with Gasteiger partial charge in [-0.3, -0.25) is 0 Å². The summed E-state index contributed by atoms with van der Waals surface area (Å²) in [6.45, 7) is 4.45. The lowest BCUT2D eigenvalue weighted by atomic mass is 9.92. The van der Waals surface area contributed by atoms with E-state index in [2.05, 4.69) is 41.0 Å². The maximum absolute atomic E-state index is 6.43. The summed E-state index contributed by atoms with van der Waals surface area (Å²) in [6.07, 6.45) is 5.82. The lowest BCUT2D eigenvalue weighted by Gasteiger charge is -2.22. The van der Waals surface area contributed by atoms with Crippen LogP contribution < -0.4 is 5.32 Å². The summed E-state index contributed by atoms with van der Waals surface area (Å²) >= 11 is 6.43. The molecule has 1 N–H and O–H groups in total. The van der Waals surface area contributed by atoms with Crippen molar-refractivity contribution in [2.75, 3.05) is 13.1 Å². The molecule has 2 nitrogen and oxygen atoms in total. The first kappa shape index (κ1) is 12.1. The Kier molecular flexibility index (Phi) is 3.31. The SMILES string of the molecule is Cc1c(Cl)c2ccccn2c1CC1CCNCC1. The molecule has 0 saturated carbocycles. The van der Waals surface area contributed by atoms with Gasteiger partial charge in [-0.15, -0.1) is 0 Å². The molecule has 0 unspecified atom stereocenters. The van der Waals surface area contributed by atoms with Gasteiger partial charge in [0.05, 0.1) is 10.5 Å².